The first-order chi connectivity index (χ1) is 9.41. The van der Waals surface area contributed by atoms with Crippen molar-refractivity contribution in [2.24, 2.45) is 0 Å². The Balaban J connectivity index is 3.03. The summed E-state index contributed by atoms with van der Waals surface area (Å²) >= 11 is 12.1. The van der Waals surface area contributed by atoms with E-state index in [0.29, 0.717) is 16.1 Å². The monoisotopic (exact) mass is 316 g/mol. The summed E-state index contributed by atoms with van der Waals surface area (Å²) in [7, 11) is 6.35. The van der Waals surface area contributed by atoms with Gasteiger partial charge in [-0.1, -0.05) is 43.1 Å². The highest BCUT2D eigenvalue weighted by Crippen LogP contribution is 2.29. The van der Waals surface area contributed by atoms with Crippen LogP contribution in [-0.4, -0.2) is 37.6 Å². The van der Waals surface area contributed by atoms with Crippen LogP contribution in [0.5, 0.6) is 0 Å². The SMILES string of the molecule is CCC(CC)(C(Cc1ccc(Cl)c(Cl)c1)NC)N(C)C. The van der Waals surface area contributed by atoms with E-state index in [1.165, 1.54) is 5.56 Å². The van der Waals surface area contributed by atoms with Crippen molar-refractivity contribution in [3.63, 3.8) is 0 Å². The summed E-state index contributed by atoms with van der Waals surface area (Å²) in [5.74, 6) is 0. The predicted molar refractivity (Wildman–Crippen MR) is 90.0 cm³/mol. The van der Waals surface area contributed by atoms with Crippen molar-refractivity contribution in [3.8, 4) is 0 Å². The largest absolute Gasteiger partial charge is 0.315 e. The second-order valence-electron chi connectivity index (χ2n) is 5.50. The maximum absolute atomic E-state index is 6.12. The van der Waals surface area contributed by atoms with Gasteiger partial charge in [-0.05, 0) is 58.1 Å². The molecule has 1 atom stereocenters. The van der Waals surface area contributed by atoms with Gasteiger partial charge in [-0.25, -0.2) is 0 Å². The average molecular weight is 317 g/mol. The minimum absolute atomic E-state index is 0.140. The van der Waals surface area contributed by atoms with E-state index in [-0.39, 0.29) is 5.54 Å². The standard InChI is InChI=1S/C16H26Cl2N2/c1-6-16(7-2,20(4)5)15(19-3)11-12-8-9-13(17)14(18)10-12/h8-10,15,19H,6-7,11H2,1-5H3. The lowest BCUT2D eigenvalue weighted by Gasteiger charge is -2.45. The van der Waals surface area contributed by atoms with Crippen LogP contribution in [-0.2, 0) is 6.42 Å². The summed E-state index contributed by atoms with van der Waals surface area (Å²) in [5.41, 5.74) is 1.35. The molecule has 114 valence electrons. The van der Waals surface area contributed by atoms with Crippen LogP contribution in [0.15, 0.2) is 18.2 Å². The summed E-state index contributed by atoms with van der Waals surface area (Å²) < 4.78 is 0. The van der Waals surface area contributed by atoms with E-state index < -0.39 is 0 Å². The van der Waals surface area contributed by atoms with Gasteiger partial charge in [0.1, 0.15) is 0 Å². The number of nitrogens with one attached hydrogen (secondary N) is 1. The Kier molecular flexibility index (Phi) is 6.80. The van der Waals surface area contributed by atoms with E-state index in [9.17, 15) is 0 Å². The Bertz CT molecular complexity index is 428. The number of hydrogen-bond donors (Lipinski definition) is 1. The molecule has 4 heteroatoms. The molecule has 0 saturated carbocycles. The molecule has 0 saturated heterocycles. The number of hydrogen-bond acceptors (Lipinski definition) is 2. The lowest BCUT2D eigenvalue weighted by molar-refractivity contribution is 0.0917. The Morgan fingerprint density at radius 2 is 1.75 bits per heavy atom. The fourth-order valence-electron chi connectivity index (χ4n) is 3.15. The zero-order valence-electron chi connectivity index (χ0n) is 13.1. The fraction of sp³-hybridized carbons (Fsp3) is 0.625. The molecule has 0 radical (unpaired) electrons. The van der Waals surface area contributed by atoms with Crippen LogP contribution in [0.1, 0.15) is 32.3 Å². The Morgan fingerprint density at radius 3 is 2.15 bits per heavy atom. The van der Waals surface area contributed by atoms with Gasteiger partial charge < -0.3 is 10.2 Å². The molecule has 1 aromatic carbocycles. The lowest BCUT2D eigenvalue weighted by atomic mass is 9.80. The topological polar surface area (TPSA) is 15.3 Å². The van der Waals surface area contributed by atoms with Crippen molar-refractivity contribution in [2.75, 3.05) is 21.1 Å². The summed E-state index contributed by atoms with van der Waals surface area (Å²) in [5, 5.41) is 4.73. The van der Waals surface area contributed by atoms with Crippen molar-refractivity contribution in [1.29, 1.82) is 0 Å². The van der Waals surface area contributed by atoms with Gasteiger partial charge in [0, 0.05) is 11.6 Å². The van der Waals surface area contributed by atoms with Crippen molar-refractivity contribution in [1.82, 2.24) is 10.2 Å². The maximum Gasteiger partial charge on any atom is 0.0595 e. The van der Waals surface area contributed by atoms with Gasteiger partial charge in [-0.15, -0.1) is 0 Å². The van der Waals surface area contributed by atoms with Crippen LogP contribution in [0.25, 0.3) is 0 Å². The zero-order chi connectivity index (χ0) is 15.3. The van der Waals surface area contributed by atoms with Gasteiger partial charge in [0.25, 0.3) is 0 Å². The molecule has 0 aliphatic carbocycles. The smallest absolute Gasteiger partial charge is 0.0595 e. The van der Waals surface area contributed by atoms with Gasteiger partial charge >= 0.3 is 0 Å². The molecule has 2 nitrogen and oxygen atoms in total. The molecule has 0 bridgehead atoms. The highest BCUT2D eigenvalue weighted by molar-refractivity contribution is 6.42. The molecule has 20 heavy (non-hydrogen) atoms. The summed E-state index contributed by atoms with van der Waals surface area (Å²) in [4.78, 5) is 2.34. The van der Waals surface area contributed by atoms with Crippen molar-refractivity contribution < 1.29 is 0 Å². The molecular weight excluding hydrogens is 291 g/mol. The first kappa shape index (κ1) is 17.8. The summed E-state index contributed by atoms with van der Waals surface area (Å²) in [6, 6.07) is 6.27. The number of rotatable bonds is 7. The van der Waals surface area contributed by atoms with E-state index in [1.807, 2.05) is 19.2 Å². The number of nitrogens with zero attached hydrogens (tertiary/aromatic N) is 1. The molecule has 0 fully saturated rings. The quantitative estimate of drug-likeness (QED) is 0.809. The molecule has 0 aliphatic rings. The lowest BCUT2D eigenvalue weighted by Crippen LogP contribution is -2.58. The van der Waals surface area contributed by atoms with E-state index >= 15 is 0 Å². The van der Waals surface area contributed by atoms with Crippen LogP contribution in [0.3, 0.4) is 0 Å². The molecule has 1 unspecified atom stereocenters. The molecule has 0 aromatic heterocycles. The van der Waals surface area contributed by atoms with Crippen LogP contribution in [0, 0.1) is 0 Å². The maximum atomic E-state index is 6.12. The number of likely N-dealkylation sites (N-methyl/N-ethyl adjacent to an activating group) is 2. The van der Waals surface area contributed by atoms with Gasteiger partial charge in [-0.3, -0.25) is 0 Å². The molecule has 1 N–H and O–H groups in total. The van der Waals surface area contributed by atoms with Crippen molar-refractivity contribution in [2.45, 2.75) is 44.7 Å². The fourth-order valence-corrected chi connectivity index (χ4v) is 3.47. The first-order valence-corrected chi connectivity index (χ1v) is 7.95. The molecule has 1 rings (SSSR count). The highest BCUT2D eigenvalue weighted by atomic mass is 35.5. The van der Waals surface area contributed by atoms with Gasteiger partial charge in [-0.2, -0.15) is 0 Å². The van der Waals surface area contributed by atoms with E-state index in [0.717, 1.165) is 19.3 Å². The zero-order valence-corrected chi connectivity index (χ0v) is 14.6. The second-order valence-corrected chi connectivity index (χ2v) is 6.31. The third kappa shape index (κ3) is 3.67. The first-order valence-electron chi connectivity index (χ1n) is 7.19. The Labute approximate surface area is 133 Å². The molecule has 0 spiro atoms. The van der Waals surface area contributed by atoms with Crippen molar-refractivity contribution >= 4 is 23.2 Å². The van der Waals surface area contributed by atoms with Crippen LogP contribution < -0.4 is 5.32 Å². The number of benzene rings is 1. The molecule has 1 aromatic rings. The van der Waals surface area contributed by atoms with Gasteiger partial charge in [0.15, 0.2) is 0 Å². The minimum Gasteiger partial charge on any atom is -0.315 e. The summed E-state index contributed by atoms with van der Waals surface area (Å²) in [6.07, 6.45) is 3.14. The van der Waals surface area contributed by atoms with Crippen LogP contribution in [0.4, 0.5) is 0 Å². The molecule has 0 aliphatic heterocycles. The predicted octanol–water partition coefficient (Wildman–Crippen LogP) is 4.24. The minimum atomic E-state index is 0.140. The van der Waals surface area contributed by atoms with Crippen molar-refractivity contribution in [3.05, 3.63) is 33.8 Å². The third-order valence-corrected chi connectivity index (χ3v) is 5.28. The third-order valence-electron chi connectivity index (χ3n) is 4.54. The van der Waals surface area contributed by atoms with Crippen LogP contribution >= 0.6 is 23.2 Å². The Morgan fingerprint density at radius 1 is 1.15 bits per heavy atom. The van der Waals surface area contributed by atoms with E-state index in [1.54, 1.807) is 0 Å². The highest BCUT2D eigenvalue weighted by Gasteiger charge is 2.36. The van der Waals surface area contributed by atoms with Crippen LogP contribution in [0.2, 0.25) is 10.0 Å². The molecule has 0 heterocycles. The number of halogens is 2. The average Bonchev–Trinajstić information content (AvgIpc) is 2.43. The van der Waals surface area contributed by atoms with E-state index in [4.69, 9.17) is 23.2 Å². The Hall–Kier alpha value is -0.280. The van der Waals surface area contributed by atoms with Gasteiger partial charge in [0.2, 0.25) is 0 Å². The van der Waals surface area contributed by atoms with Gasteiger partial charge in [0.05, 0.1) is 10.0 Å². The molecular formula is C16H26Cl2N2. The van der Waals surface area contributed by atoms with E-state index in [2.05, 4.69) is 44.2 Å². The molecule has 0 amide bonds. The summed E-state index contributed by atoms with van der Waals surface area (Å²) in [6.45, 7) is 4.51. The second kappa shape index (κ2) is 7.65. The normalized spacial score (nSPS) is 13.8.